The minimum absolute atomic E-state index is 0.000333. The van der Waals surface area contributed by atoms with E-state index in [-0.39, 0.29) is 18.7 Å². The van der Waals surface area contributed by atoms with Crippen LogP contribution in [0.25, 0.3) is 0 Å². The molecule has 2 aromatic carbocycles. The van der Waals surface area contributed by atoms with E-state index in [0.717, 1.165) is 11.3 Å². The van der Waals surface area contributed by atoms with Crippen LogP contribution < -0.4 is 19.5 Å². The molecule has 0 aliphatic carbocycles. The molecule has 0 heterocycles. The Labute approximate surface area is 164 Å². The second-order valence-corrected chi connectivity index (χ2v) is 6.04. The number of hydrogen-bond donors (Lipinski definition) is 1. The highest BCUT2D eigenvalue weighted by Gasteiger charge is 2.21. The summed E-state index contributed by atoms with van der Waals surface area (Å²) < 4.78 is 20.4. The normalized spacial score (nSPS) is 11.3. The Morgan fingerprint density at radius 2 is 1.57 bits per heavy atom. The van der Waals surface area contributed by atoms with Gasteiger partial charge in [-0.15, -0.1) is 0 Å². The zero-order valence-corrected chi connectivity index (χ0v) is 16.5. The van der Waals surface area contributed by atoms with Gasteiger partial charge in [0.15, 0.2) is 11.5 Å². The second-order valence-electron chi connectivity index (χ2n) is 6.04. The van der Waals surface area contributed by atoms with E-state index < -0.39 is 12.0 Å². The summed E-state index contributed by atoms with van der Waals surface area (Å²) >= 11 is 0. The SMILES string of the molecule is COC(=O)C[C@H](NC(=O)Cc1ccc(OC)cc1)c1ccc(OC)c(OC)c1. The Morgan fingerprint density at radius 1 is 0.893 bits per heavy atom. The van der Waals surface area contributed by atoms with E-state index in [1.807, 2.05) is 12.1 Å². The van der Waals surface area contributed by atoms with Crippen LogP contribution in [0.4, 0.5) is 0 Å². The Balaban J connectivity index is 2.17. The summed E-state index contributed by atoms with van der Waals surface area (Å²) in [6, 6.07) is 11.9. The number of carbonyl (C=O) groups excluding carboxylic acids is 2. The van der Waals surface area contributed by atoms with Crippen molar-refractivity contribution in [2.24, 2.45) is 0 Å². The van der Waals surface area contributed by atoms with Gasteiger partial charge in [-0.2, -0.15) is 0 Å². The number of carbonyl (C=O) groups is 2. The smallest absolute Gasteiger partial charge is 0.307 e. The van der Waals surface area contributed by atoms with Crippen LogP contribution in [0.1, 0.15) is 23.6 Å². The van der Waals surface area contributed by atoms with E-state index in [0.29, 0.717) is 17.1 Å². The lowest BCUT2D eigenvalue weighted by atomic mass is 10.0. The highest BCUT2D eigenvalue weighted by molar-refractivity contribution is 5.80. The minimum atomic E-state index is -0.557. The van der Waals surface area contributed by atoms with Gasteiger partial charge < -0.3 is 24.3 Å². The summed E-state index contributed by atoms with van der Waals surface area (Å²) in [4.78, 5) is 24.4. The van der Waals surface area contributed by atoms with Gasteiger partial charge in [0, 0.05) is 0 Å². The van der Waals surface area contributed by atoms with Gasteiger partial charge in [-0.05, 0) is 35.4 Å². The van der Waals surface area contributed by atoms with Crippen LogP contribution in [0.15, 0.2) is 42.5 Å². The Hall–Kier alpha value is -3.22. The average molecular weight is 387 g/mol. The monoisotopic (exact) mass is 387 g/mol. The van der Waals surface area contributed by atoms with Crippen LogP contribution in [-0.2, 0) is 20.7 Å². The summed E-state index contributed by atoms with van der Waals surface area (Å²) in [5.41, 5.74) is 1.55. The molecule has 2 rings (SSSR count). The average Bonchev–Trinajstić information content (AvgIpc) is 2.73. The van der Waals surface area contributed by atoms with Crippen molar-refractivity contribution in [1.29, 1.82) is 0 Å². The minimum Gasteiger partial charge on any atom is -0.497 e. The fourth-order valence-electron chi connectivity index (χ4n) is 2.75. The molecule has 0 aromatic heterocycles. The molecule has 1 amide bonds. The molecule has 0 aliphatic rings. The van der Waals surface area contributed by atoms with Crippen molar-refractivity contribution in [3.63, 3.8) is 0 Å². The molecule has 0 fully saturated rings. The largest absolute Gasteiger partial charge is 0.497 e. The molecule has 0 bridgehead atoms. The first kappa shape index (κ1) is 21.1. The maximum absolute atomic E-state index is 12.5. The fourth-order valence-corrected chi connectivity index (χ4v) is 2.75. The highest BCUT2D eigenvalue weighted by atomic mass is 16.5. The number of nitrogens with one attached hydrogen (secondary N) is 1. The highest BCUT2D eigenvalue weighted by Crippen LogP contribution is 2.31. The summed E-state index contributed by atoms with van der Waals surface area (Å²) in [6.07, 6.45) is 0.176. The molecule has 150 valence electrons. The summed E-state index contributed by atoms with van der Waals surface area (Å²) in [5, 5.41) is 2.90. The molecule has 0 saturated carbocycles. The number of amides is 1. The summed E-state index contributed by atoms with van der Waals surface area (Å²) in [6.45, 7) is 0. The van der Waals surface area contributed by atoms with Gasteiger partial charge in [0.2, 0.25) is 5.91 Å². The van der Waals surface area contributed by atoms with Crippen LogP contribution in [-0.4, -0.2) is 40.3 Å². The van der Waals surface area contributed by atoms with Gasteiger partial charge in [0.1, 0.15) is 5.75 Å². The molecule has 2 aromatic rings. The van der Waals surface area contributed by atoms with Gasteiger partial charge >= 0.3 is 5.97 Å². The molecule has 0 unspecified atom stereocenters. The third kappa shape index (κ3) is 5.64. The van der Waals surface area contributed by atoms with Gasteiger partial charge in [0.05, 0.1) is 47.3 Å². The predicted octanol–water partition coefficient (Wildman–Crippen LogP) is 2.68. The van der Waals surface area contributed by atoms with Crippen molar-refractivity contribution < 1.29 is 28.5 Å². The van der Waals surface area contributed by atoms with Crippen LogP contribution in [0, 0.1) is 0 Å². The van der Waals surface area contributed by atoms with E-state index >= 15 is 0 Å². The lowest BCUT2D eigenvalue weighted by Crippen LogP contribution is -2.31. The van der Waals surface area contributed by atoms with Crippen molar-refractivity contribution in [3.05, 3.63) is 53.6 Å². The second kappa shape index (κ2) is 10.2. The first-order valence-electron chi connectivity index (χ1n) is 8.71. The maximum Gasteiger partial charge on any atom is 0.307 e. The molecule has 0 spiro atoms. The molecule has 28 heavy (non-hydrogen) atoms. The van der Waals surface area contributed by atoms with E-state index in [4.69, 9.17) is 18.9 Å². The Morgan fingerprint density at radius 3 is 2.14 bits per heavy atom. The fraction of sp³-hybridized carbons (Fsp3) is 0.333. The third-order valence-corrected chi connectivity index (χ3v) is 4.27. The molecule has 0 aliphatic heterocycles. The van der Waals surface area contributed by atoms with Gasteiger partial charge in [0.25, 0.3) is 0 Å². The molecule has 0 saturated heterocycles. The van der Waals surface area contributed by atoms with Crippen molar-refractivity contribution in [3.8, 4) is 17.2 Å². The quantitative estimate of drug-likeness (QED) is 0.666. The molecular weight excluding hydrogens is 362 g/mol. The first-order chi connectivity index (χ1) is 13.5. The Kier molecular flexibility index (Phi) is 7.68. The van der Waals surface area contributed by atoms with Crippen LogP contribution in [0.2, 0.25) is 0 Å². The zero-order valence-electron chi connectivity index (χ0n) is 16.5. The van der Waals surface area contributed by atoms with Gasteiger partial charge in [-0.3, -0.25) is 9.59 Å². The van der Waals surface area contributed by atoms with E-state index in [9.17, 15) is 9.59 Å². The zero-order chi connectivity index (χ0) is 20.5. The molecule has 0 radical (unpaired) electrons. The van der Waals surface area contributed by atoms with Crippen LogP contribution in [0.5, 0.6) is 17.2 Å². The molecule has 1 atom stereocenters. The summed E-state index contributed by atoms with van der Waals surface area (Å²) in [7, 11) is 5.97. The molecule has 1 N–H and O–H groups in total. The third-order valence-electron chi connectivity index (χ3n) is 4.27. The van der Waals surface area contributed by atoms with Crippen LogP contribution >= 0.6 is 0 Å². The molecular formula is C21H25NO6. The predicted molar refractivity (Wildman–Crippen MR) is 104 cm³/mol. The van der Waals surface area contributed by atoms with E-state index in [2.05, 4.69) is 5.32 Å². The first-order valence-corrected chi connectivity index (χ1v) is 8.71. The Bertz CT molecular complexity index is 803. The maximum atomic E-state index is 12.5. The molecule has 7 heteroatoms. The van der Waals surface area contributed by atoms with Gasteiger partial charge in [-0.1, -0.05) is 18.2 Å². The lowest BCUT2D eigenvalue weighted by molar-refractivity contribution is -0.141. The van der Waals surface area contributed by atoms with Crippen LogP contribution in [0.3, 0.4) is 0 Å². The lowest BCUT2D eigenvalue weighted by Gasteiger charge is -2.20. The van der Waals surface area contributed by atoms with E-state index in [1.54, 1.807) is 44.6 Å². The number of methoxy groups -OCH3 is 4. The number of ether oxygens (including phenoxy) is 4. The topological polar surface area (TPSA) is 83.1 Å². The number of benzene rings is 2. The number of esters is 1. The van der Waals surface area contributed by atoms with Gasteiger partial charge in [-0.25, -0.2) is 0 Å². The van der Waals surface area contributed by atoms with Crippen molar-refractivity contribution >= 4 is 11.9 Å². The van der Waals surface area contributed by atoms with E-state index in [1.165, 1.54) is 14.2 Å². The van der Waals surface area contributed by atoms with Crippen molar-refractivity contribution in [1.82, 2.24) is 5.32 Å². The molecule has 7 nitrogen and oxygen atoms in total. The number of hydrogen-bond acceptors (Lipinski definition) is 6. The van der Waals surface area contributed by atoms with Crippen molar-refractivity contribution in [2.75, 3.05) is 28.4 Å². The summed E-state index contributed by atoms with van der Waals surface area (Å²) in [5.74, 6) is 1.16. The van der Waals surface area contributed by atoms with Crippen molar-refractivity contribution in [2.45, 2.75) is 18.9 Å². The standard InChI is InChI=1S/C21H25NO6/c1-25-16-8-5-14(6-9-16)11-20(23)22-17(13-21(24)28-4)15-7-10-18(26-2)19(12-15)27-3/h5-10,12,17H,11,13H2,1-4H3,(H,22,23)/t17-/m0/s1. The number of rotatable bonds is 9.